The maximum atomic E-state index is 12.8. The first-order chi connectivity index (χ1) is 14.1. The number of aromatic nitrogens is 1. The highest BCUT2D eigenvalue weighted by atomic mass is 16.5. The second-order valence-electron chi connectivity index (χ2n) is 8.01. The molecule has 0 saturated carbocycles. The van der Waals surface area contributed by atoms with E-state index in [9.17, 15) is 9.90 Å². The molecule has 0 unspecified atom stereocenters. The molecule has 1 saturated heterocycles. The van der Waals surface area contributed by atoms with Crippen LogP contribution in [0.25, 0.3) is 0 Å². The van der Waals surface area contributed by atoms with Crippen LogP contribution in [0, 0.1) is 0 Å². The van der Waals surface area contributed by atoms with Crippen molar-refractivity contribution >= 4 is 5.91 Å². The number of amides is 1. The number of fused-ring (bicyclic) bond motifs is 1. The van der Waals surface area contributed by atoms with Crippen molar-refractivity contribution in [2.45, 2.75) is 38.2 Å². The van der Waals surface area contributed by atoms with Crippen molar-refractivity contribution in [1.29, 1.82) is 0 Å². The summed E-state index contributed by atoms with van der Waals surface area (Å²) in [5.74, 6) is -0.141. The molecule has 156 valence electrons. The van der Waals surface area contributed by atoms with E-state index in [4.69, 9.17) is 9.47 Å². The van der Waals surface area contributed by atoms with E-state index in [0.29, 0.717) is 45.1 Å². The number of aliphatic hydroxyl groups is 1. The SMILES string of the molecule is C[C@@H]1COC[C@@](CO)(CNC(=O)c2cc3n(c2)CCOC3)N1Cc1ccccc1. The third kappa shape index (κ3) is 4.23. The van der Waals surface area contributed by atoms with Gasteiger partial charge >= 0.3 is 0 Å². The average Bonchev–Trinajstić information content (AvgIpc) is 3.19. The molecule has 1 aromatic heterocycles. The van der Waals surface area contributed by atoms with Crippen LogP contribution in [0.3, 0.4) is 0 Å². The molecular weight excluding hydrogens is 370 g/mol. The topological polar surface area (TPSA) is 76.0 Å². The zero-order valence-electron chi connectivity index (χ0n) is 16.8. The molecule has 0 spiro atoms. The Morgan fingerprint density at radius 1 is 1.31 bits per heavy atom. The molecule has 0 radical (unpaired) electrons. The first-order valence-corrected chi connectivity index (χ1v) is 10.2. The summed E-state index contributed by atoms with van der Waals surface area (Å²) in [6.07, 6.45) is 1.88. The molecule has 2 N–H and O–H groups in total. The third-order valence-electron chi connectivity index (χ3n) is 5.91. The van der Waals surface area contributed by atoms with Crippen molar-refractivity contribution < 1.29 is 19.4 Å². The van der Waals surface area contributed by atoms with Crippen LogP contribution >= 0.6 is 0 Å². The van der Waals surface area contributed by atoms with Crippen molar-refractivity contribution in [3.63, 3.8) is 0 Å². The van der Waals surface area contributed by atoms with E-state index in [0.717, 1.165) is 12.2 Å². The molecule has 7 nitrogen and oxygen atoms in total. The van der Waals surface area contributed by atoms with Crippen LogP contribution in [0.2, 0.25) is 0 Å². The number of benzene rings is 1. The van der Waals surface area contributed by atoms with Crippen LogP contribution in [0.15, 0.2) is 42.6 Å². The summed E-state index contributed by atoms with van der Waals surface area (Å²) < 4.78 is 13.3. The summed E-state index contributed by atoms with van der Waals surface area (Å²) in [5, 5.41) is 13.4. The number of rotatable bonds is 6. The summed E-state index contributed by atoms with van der Waals surface area (Å²) in [6, 6.07) is 12.2. The highest BCUT2D eigenvalue weighted by molar-refractivity contribution is 5.94. The summed E-state index contributed by atoms with van der Waals surface area (Å²) in [7, 11) is 0. The van der Waals surface area contributed by atoms with E-state index in [1.165, 1.54) is 5.56 Å². The van der Waals surface area contributed by atoms with Crippen LogP contribution in [0.1, 0.15) is 28.5 Å². The minimum atomic E-state index is -0.661. The van der Waals surface area contributed by atoms with Crippen molar-refractivity contribution in [3.05, 3.63) is 59.4 Å². The Balaban J connectivity index is 1.48. The van der Waals surface area contributed by atoms with E-state index in [1.807, 2.05) is 30.5 Å². The Hall–Kier alpha value is -2.19. The van der Waals surface area contributed by atoms with Crippen molar-refractivity contribution in [2.75, 3.05) is 33.0 Å². The lowest BCUT2D eigenvalue weighted by Crippen LogP contribution is -2.66. The number of carbonyl (C=O) groups excluding carboxylic acids is 1. The predicted octanol–water partition coefficient (Wildman–Crippen LogP) is 1.40. The second kappa shape index (κ2) is 8.67. The molecule has 2 aliphatic rings. The summed E-state index contributed by atoms with van der Waals surface area (Å²) >= 11 is 0. The molecule has 2 aliphatic heterocycles. The zero-order chi connectivity index (χ0) is 20.3. The monoisotopic (exact) mass is 399 g/mol. The maximum Gasteiger partial charge on any atom is 0.252 e. The first kappa shape index (κ1) is 20.1. The Morgan fingerprint density at radius 2 is 2.14 bits per heavy atom. The molecule has 0 aliphatic carbocycles. The fraction of sp³-hybridized carbons (Fsp3) is 0.500. The molecular formula is C22H29N3O4. The van der Waals surface area contributed by atoms with Crippen molar-refractivity contribution in [2.24, 2.45) is 0 Å². The number of carbonyl (C=O) groups is 1. The summed E-state index contributed by atoms with van der Waals surface area (Å²) in [5.41, 5.74) is 2.15. The van der Waals surface area contributed by atoms with Gasteiger partial charge in [0.1, 0.15) is 0 Å². The van der Waals surface area contributed by atoms with E-state index in [1.54, 1.807) is 0 Å². The number of ether oxygens (including phenoxy) is 2. The quantitative estimate of drug-likeness (QED) is 0.768. The fourth-order valence-corrected chi connectivity index (χ4v) is 4.20. The molecule has 1 aromatic carbocycles. The van der Waals surface area contributed by atoms with E-state index >= 15 is 0 Å². The Labute approximate surface area is 171 Å². The molecule has 1 fully saturated rings. The zero-order valence-corrected chi connectivity index (χ0v) is 16.8. The number of hydrogen-bond donors (Lipinski definition) is 2. The van der Waals surface area contributed by atoms with Gasteiger partial charge in [0, 0.05) is 37.6 Å². The van der Waals surface area contributed by atoms with Gasteiger partial charge in [0.05, 0.1) is 44.1 Å². The van der Waals surface area contributed by atoms with Crippen LogP contribution in [-0.2, 0) is 29.2 Å². The third-order valence-corrected chi connectivity index (χ3v) is 5.91. The smallest absolute Gasteiger partial charge is 0.252 e. The lowest BCUT2D eigenvalue weighted by Gasteiger charge is -2.49. The van der Waals surface area contributed by atoms with E-state index in [2.05, 4.69) is 33.8 Å². The molecule has 2 aromatic rings. The van der Waals surface area contributed by atoms with Gasteiger partial charge in [-0.15, -0.1) is 0 Å². The van der Waals surface area contributed by atoms with Crippen LogP contribution in [-0.4, -0.2) is 65.0 Å². The molecule has 3 heterocycles. The fourth-order valence-electron chi connectivity index (χ4n) is 4.20. The minimum Gasteiger partial charge on any atom is -0.394 e. The van der Waals surface area contributed by atoms with Gasteiger partial charge in [-0.3, -0.25) is 9.69 Å². The highest BCUT2D eigenvalue weighted by Crippen LogP contribution is 2.26. The number of nitrogens with zero attached hydrogens (tertiary/aromatic N) is 2. The van der Waals surface area contributed by atoms with E-state index < -0.39 is 5.54 Å². The number of hydrogen-bond acceptors (Lipinski definition) is 5. The lowest BCUT2D eigenvalue weighted by molar-refractivity contribution is -0.121. The number of nitrogens with one attached hydrogen (secondary N) is 1. The van der Waals surface area contributed by atoms with Gasteiger partial charge in [0.2, 0.25) is 0 Å². The standard InChI is InChI=1S/C22H29N3O4/c1-17-12-29-16-22(15-26,25(17)10-18-5-3-2-4-6-18)14-23-21(27)19-9-20-13-28-8-7-24(20)11-19/h2-6,9,11,17,26H,7-8,10,12-16H2,1H3,(H,23,27)/t17-,22+/m1/s1. The largest absolute Gasteiger partial charge is 0.394 e. The van der Waals surface area contributed by atoms with Crippen LogP contribution < -0.4 is 5.32 Å². The van der Waals surface area contributed by atoms with Crippen molar-refractivity contribution in [1.82, 2.24) is 14.8 Å². The molecule has 4 rings (SSSR count). The Kier molecular flexibility index (Phi) is 6.01. The van der Waals surface area contributed by atoms with Gasteiger partial charge in [-0.05, 0) is 18.6 Å². The van der Waals surface area contributed by atoms with Crippen LogP contribution in [0.5, 0.6) is 0 Å². The van der Waals surface area contributed by atoms with Gasteiger partial charge < -0.3 is 24.5 Å². The van der Waals surface area contributed by atoms with Crippen LogP contribution in [0.4, 0.5) is 0 Å². The minimum absolute atomic E-state index is 0.0927. The van der Waals surface area contributed by atoms with Gasteiger partial charge in [-0.2, -0.15) is 0 Å². The van der Waals surface area contributed by atoms with Crippen molar-refractivity contribution in [3.8, 4) is 0 Å². The maximum absolute atomic E-state index is 12.8. The molecule has 1 amide bonds. The summed E-state index contributed by atoms with van der Waals surface area (Å²) in [6.45, 7) is 5.95. The number of aliphatic hydroxyl groups excluding tert-OH is 1. The second-order valence-corrected chi connectivity index (χ2v) is 8.01. The van der Waals surface area contributed by atoms with E-state index in [-0.39, 0.29) is 18.6 Å². The normalized spacial score (nSPS) is 24.8. The Bertz CT molecular complexity index is 814. The summed E-state index contributed by atoms with van der Waals surface area (Å²) in [4.78, 5) is 15.1. The predicted molar refractivity (Wildman–Crippen MR) is 109 cm³/mol. The first-order valence-electron chi connectivity index (χ1n) is 10.2. The highest BCUT2D eigenvalue weighted by Gasteiger charge is 2.43. The average molecular weight is 399 g/mol. The van der Waals surface area contributed by atoms with Gasteiger partial charge in [0.15, 0.2) is 0 Å². The Morgan fingerprint density at radius 3 is 2.90 bits per heavy atom. The van der Waals surface area contributed by atoms with Gasteiger partial charge in [-0.1, -0.05) is 30.3 Å². The number of morpholine rings is 1. The molecule has 7 heteroatoms. The molecule has 2 atom stereocenters. The molecule has 0 bridgehead atoms. The van der Waals surface area contributed by atoms with Gasteiger partial charge in [0.25, 0.3) is 5.91 Å². The molecule has 29 heavy (non-hydrogen) atoms. The van der Waals surface area contributed by atoms with Gasteiger partial charge in [-0.25, -0.2) is 0 Å². The lowest BCUT2D eigenvalue weighted by atomic mass is 9.94.